The minimum Gasteiger partial charge on any atom is -0.338 e. The Kier molecular flexibility index (Phi) is 4.07. The fourth-order valence-corrected chi connectivity index (χ4v) is 2.62. The van der Waals surface area contributed by atoms with Crippen LogP contribution in [0, 0.1) is 0 Å². The van der Waals surface area contributed by atoms with Crippen molar-refractivity contribution < 1.29 is 9.18 Å². The molecule has 0 N–H and O–H groups in total. The summed E-state index contributed by atoms with van der Waals surface area (Å²) in [6.07, 6.45) is 0.882. The van der Waals surface area contributed by atoms with Gasteiger partial charge in [0.2, 0.25) is 0 Å². The first-order valence-corrected chi connectivity index (χ1v) is 6.05. The van der Waals surface area contributed by atoms with Crippen molar-refractivity contribution in [3.63, 3.8) is 0 Å². The molecular formula is C9H15ClFNOS. The summed E-state index contributed by atoms with van der Waals surface area (Å²) in [5, 5.41) is 0. The van der Waals surface area contributed by atoms with E-state index in [0.29, 0.717) is 13.1 Å². The van der Waals surface area contributed by atoms with E-state index in [4.69, 9.17) is 11.6 Å². The minimum atomic E-state index is -1.89. The van der Waals surface area contributed by atoms with Gasteiger partial charge in [-0.3, -0.25) is 4.79 Å². The van der Waals surface area contributed by atoms with Crippen LogP contribution in [0.2, 0.25) is 0 Å². The van der Waals surface area contributed by atoms with Crippen molar-refractivity contribution in [3.05, 3.63) is 0 Å². The first-order chi connectivity index (χ1) is 6.42. The molecule has 0 aromatic carbocycles. The molecule has 2 nitrogen and oxygen atoms in total. The first kappa shape index (κ1) is 12.1. The molecule has 1 unspecified atom stereocenters. The van der Waals surface area contributed by atoms with E-state index < -0.39 is 11.5 Å². The van der Waals surface area contributed by atoms with Crippen molar-refractivity contribution in [1.82, 2.24) is 4.90 Å². The van der Waals surface area contributed by atoms with Crippen LogP contribution in [0.1, 0.15) is 20.3 Å². The maximum Gasteiger partial charge on any atom is 0.272 e. The fourth-order valence-electron chi connectivity index (χ4n) is 1.38. The van der Waals surface area contributed by atoms with Crippen LogP contribution < -0.4 is 0 Å². The van der Waals surface area contributed by atoms with E-state index in [1.165, 1.54) is 4.90 Å². The lowest BCUT2D eigenvalue weighted by atomic mass is 10.1. The number of hydrogen-bond acceptors (Lipinski definition) is 2. The van der Waals surface area contributed by atoms with E-state index in [2.05, 4.69) is 13.8 Å². The standard InChI is InChI=1S/C9H15ClFNOS/c1-9(2)3-4-12(5-6-14-9)8(13)7(10)11/h7H,3-6H2,1-2H3. The number of thioether (sulfide) groups is 1. The SMILES string of the molecule is CC1(C)CCN(C(=O)C(F)Cl)CCS1. The van der Waals surface area contributed by atoms with Gasteiger partial charge in [0, 0.05) is 23.6 Å². The summed E-state index contributed by atoms with van der Waals surface area (Å²) >= 11 is 6.94. The molecule has 1 rings (SSSR count). The molecule has 1 atom stereocenters. The summed E-state index contributed by atoms with van der Waals surface area (Å²) in [6, 6.07) is 0. The molecule has 0 radical (unpaired) electrons. The van der Waals surface area contributed by atoms with Crippen LogP contribution in [0.3, 0.4) is 0 Å². The van der Waals surface area contributed by atoms with Gasteiger partial charge in [-0.15, -0.1) is 0 Å². The van der Waals surface area contributed by atoms with Crippen molar-refractivity contribution in [2.75, 3.05) is 18.8 Å². The summed E-state index contributed by atoms with van der Waals surface area (Å²) in [5.41, 5.74) is -1.89. The molecule has 1 aliphatic rings. The Balaban J connectivity index is 2.54. The predicted molar refractivity (Wildman–Crippen MR) is 58.5 cm³/mol. The van der Waals surface area contributed by atoms with Crippen LogP contribution >= 0.6 is 23.4 Å². The smallest absolute Gasteiger partial charge is 0.272 e. The molecule has 0 aromatic rings. The van der Waals surface area contributed by atoms with Gasteiger partial charge in [0.05, 0.1) is 0 Å². The number of rotatable bonds is 1. The highest BCUT2D eigenvalue weighted by atomic mass is 35.5. The highest BCUT2D eigenvalue weighted by molar-refractivity contribution is 8.00. The van der Waals surface area contributed by atoms with Gasteiger partial charge in [-0.1, -0.05) is 25.4 Å². The Labute approximate surface area is 93.2 Å². The Morgan fingerprint density at radius 2 is 2.21 bits per heavy atom. The van der Waals surface area contributed by atoms with Gasteiger partial charge in [0.15, 0.2) is 0 Å². The van der Waals surface area contributed by atoms with Gasteiger partial charge < -0.3 is 4.90 Å². The van der Waals surface area contributed by atoms with Crippen LogP contribution in [0.25, 0.3) is 0 Å². The second-order valence-corrected chi connectivity index (χ2v) is 6.17. The molecular weight excluding hydrogens is 225 g/mol. The van der Waals surface area contributed by atoms with Crippen LogP contribution in [0.15, 0.2) is 0 Å². The molecule has 82 valence electrons. The van der Waals surface area contributed by atoms with Gasteiger partial charge in [-0.05, 0) is 6.42 Å². The molecule has 1 heterocycles. The van der Waals surface area contributed by atoms with Gasteiger partial charge in [-0.2, -0.15) is 11.8 Å². The summed E-state index contributed by atoms with van der Waals surface area (Å²) in [6.45, 7) is 5.48. The molecule has 0 bridgehead atoms. The van der Waals surface area contributed by atoms with E-state index in [-0.39, 0.29) is 4.75 Å². The zero-order valence-electron chi connectivity index (χ0n) is 8.43. The lowest BCUT2D eigenvalue weighted by molar-refractivity contribution is -0.133. The number of hydrogen-bond donors (Lipinski definition) is 0. The second kappa shape index (κ2) is 4.71. The van der Waals surface area contributed by atoms with Gasteiger partial charge in [0.25, 0.3) is 11.5 Å². The van der Waals surface area contributed by atoms with Gasteiger partial charge in [0.1, 0.15) is 0 Å². The van der Waals surface area contributed by atoms with E-state index in [1.807, 2.05) is 11.8 Å². The number of halogens is 2. The van der Waals surface area contributed by atoms with Crippen molar-refractivity contribution in [2.24, 2.45) is 0 Å². The molecule has 5 heteroatoms. The summed E-state index contributed by atoms with van der Waals surface area (Å²) in [5.74, 6) is 0.257. The molecule has 1 amide bonds. The summed E-state index contributed by atoms with van der Waals surface area (Å²) < 4.78 is 12.7. The van der Waals surface area contributed by atoms with Crippen LogP contribution in [-0.2, 0) is 4.79 Å². The lowest BCUT2D eigenvalue weighted by Crippen LogP contribution is -2.37. The molecule has 0 aliphatic carbocycles. The Morgan fingerprint density at radius 3 is 2.79 bits per heavy atom. The fraction of sp³-hybridized carbons (Fsp3) is 0.889. The predicted octanol–water partition coefficient (Wildman–Crippen LogP) is 2.26. The number of alkyl halides is 2. The highest BCUT2D eigenvalue weighted by Crippen LogP contribution is 2.30. The zero-order chi connectivity index (χ0) is 10.8. The van der Waals surface area contributed by atoms with Crippen LogP contribution in [0.4, 0.5) is 4.39 Å². The normalized spacial score (nSPS) is 24.1. The van der Waals surface area contributed by atoms with Crippen molar-refractivity contribution in [1.29, 1.82) is 0 Å². The average Bonchev–Trinajstić information content (AvgIpc) is 2.25. The summed E-state index contributed by atoms with van der Waals surface area (Å²) in [7, 11) is 0. The molecule has 14 heavy (non-hydrogen) atoms. The molecule has 0 saturated carbocycles. The van der Waals surface area contributed by atoms with E-state index in [9.17, 15) is 9.18 Å². The zero-order valence-corrected chi connectivity index (χ0v) is 10.00. The van der Waals surface area contributed by atoms with Crippen molar-refractivity contribution in [3.8, 4) is 0 Å². The van der Waals surface area contributed by atoms with E-state index >= 15 is 0 Å². The number of carbonyl (C=O) groups is 1. The van der Waals surface area contributed by atoms with Gasteiger partial charge >= 0.3 is 0 Å². The Hall–Kier alpha value is 0.0400. The maximum atomic E-state index is 12.6. The quantitative estimate of drug-likeness (QED) is 0.655. The Morgan fingerprint density at radius 1 is 1.57 bits per heavy atom. The third kappa shape index (κ3) is 3.31. The average molecular weight is 240 g/mol. The van der Waals surface area contributed by atoms with Crippen molar-refractivity contribution >= 4 is 29.3 Å². The molecule has 1 saturated heterocycles. The third-order valence-corrected chi connectivity index (χ3v) is 3.90. The van der Waals surface area contributed by atoms with Crippen LogP contribution in [0.5, 0.6) is 0 Å². The monoisotopic (exact) mass is 239 g/mol. The van der Waals surface area contributed by atoms with Crippen molar-refractivity contribution in [2.45, 2.75) is 30.6 Å². The third-order valence-electron chi connectivity index (χ3n) is 2.34. The highest BCUT2D eigenvalue weighted by Gasteiger charge is 2.28. The lowest BCUT2D eigenvalue weighted by Gasteiger charge is -2.22. The molecule has 1 aliphatic heterocycles. The largest absolute Gasteiger partial charge is 0.338 e. The maximum absolute atomic E-state index is 12.6. The number of carbonyl (C=O) groups excluding carboxylic acids is 1. The topological polar surface area (TPSA) is 20.3 Å². The molecule has 0 aromatic heterocycles. The van der Waals surface area contributed by atoms with Gasteiger partial charge in [-0.25, -0.2) is 4.39 Å². The second-order valence-electron chi connectivity index (χ2n) is 3.98. The van der Waals surface area contributed by atoms with Crippen LogP contribution in [-0.4, -0.2) is 40.0 Å². The Bertz CT molecular complexity index is 223. The number of nitrogens with zero attached hydrogens (tertiary/aromatic N) is 1. The summed E-state index contributed by atoms with van der Waals surface area (Å²) in [4.78, 5) is 12.8. The number of amides is 1. The molecule has 1 fully saturated rings. The van der Waals surface area contributed by atoms with E-state index in [1.54, 1.807) is 0 Å². The minimum absolute atomic E-state index is 0.174. The molecule has 0 spiro atoms. The van der Waals surface area contributed by atoms with E-state index in [0.717, 1.165) is 12.2 Å². The first-order valence-electron chi connectivity index (χ1n) is 4.63.